The molecule has 2 fully saturated rings. The van der Waals surface area contributed by atoms with E-state index in [1.54, 1.807) is 6.08 Å². The Kier molecular flexibility index (Phi) is 62.1. The number of carbonyl (C=O) groups is 1. The molecule has 2 rings (SSSR count). The van der Waals surface area contributed by atoms with Crippen molar-refractivity contribution in [2.45, 2.75) is 447 Å². The lowest BCUT2D eigenvalue weighted by Gasteiger charge is -2.46. The topological polar surface area (TPSA) is 228 Å². The standard InChI is InChI=1S/C82H153NO13/c1-3-5-7-9-11-13-15-17-19-21-23-25-27-29-31-33-35-37-39-41-43-45-47-49-51-53-55-57-59-61-63-65-71(86)70(69-93-81-79(92)77(90)80(73(68-85)95-81)96-82-78(91)76(89)75(88)72(67-84)94-82)83-74(87)66-64-62-60-58-56-54-52-50-48-46-44-42-40-38-36-34-32-30-28-26-24-22-20-18-16-14-12-10-8-6-4-2/h22,24,47,49,55,57,63,65,70-73,75-82,84-86,88-92H,3-21,23,25-46,48,50-54,56,58-62,64,66-69H2,1-2H3,(H,83,87)/b24-22-,49-47+,57-55+,65-63+. The molecule has 12 atom stereocenters. The molecule has 0 aliphatic carbocycles. The third-order valence-corrected chi connectivity index (χ3v) is 20.0. The predicted molar refractivity (Wildman–Crippen MR) is 397 cm³/mol. The molecule has 2 aliphatic heterocycles. The van der Waals surface area contributed by atoms with E-state index in [0.29, 0.717) is 12.8 Å². The number of nitrogens with one attached hydrogen (secondary N) is 1. The van der Waals surface area contributed by atoms with Gasteiger partial charge in [0.05, 0.1) is 32.0 Å². The zero-order valence-corrected chi connectivity index (χ0v) is 61.9. The molecule has 0 spiro atoms. The highest BCUT2D eigenvalue weighted by Gasteiger charge is 2.51. The molecule has 0 bridgehead atoms. The number of carbonyl (C=O) groups excluding carboxylic acids is 1. The molecular weight excluding hydrogens is 1210 g/mol. The van der Waals surface area contributed by atoms with Crippen molar-refractivity contribution in [1.82, 2.24) is 5.32 Å². The lowest BCUT2D eigenvalue weighted by Crippen LogP contribution is -2.65. The molecule has 96 heavy (non-hydrogen) atoms. The van der Waals surface area contributed by atoms with E-state index in [0.717, 1.165) is 44.9 Å². The Morgan fingerprint density at radius 2 is 0.667 bits per heavy atom. The number of aliphatic hydroxyl groups is 8. The van der Waals surface area contributed by atoms with Crippen molar-refractivity contribution < 1.29 is 64.6 Å². The van der Waals surface area contributed by atoms with Crippen LogP contribution in [0.3, 0.4) is 0 Å². The Labute approximate surface area is 588 Å². The van der Waals surface area contributed by atoms with Crippen molar-refractivity contribution in [1.29, 1.82) is 0 Å². The van der Waals surface area contributed by atoms with E-state index in [-0.39, 0.29) is 18.9 Å². The van der Waals surface area contributed by atoms with E-state index >= 15 is 0 Å². The molecule has 564 valence electrons. The van der Waals surface area contributed by atoms with Crippen LogP contribution in [0.15, 0.2) is 48.6 Å². The number of aliphatic hydroxyl groups excluding tert-OH is 8. The number of amides is 1. The number of rotatable bonds is 69. The number of unbranched alkanes of at least 4 members (excludes halogenated alkanes) is 50. The maximum Gasteiger partial charge on any atom is 0.220 e. The minimum atomic E-state index is -1.79. The highest BCUT2D eigenvalue weighted by atomic mass is 16.7. The fourth-order valence-corrected chi connectivity index (χ4v) is 13.5. The molecule has 1 amide bonds. The maximum atomic E-state index is 13.4. The highest BCUT2D eigenvalue weighted by Crippen LogP contribution is 2.30. The summed E-state index contributed by atoms with van der Waals surface area (Å²) in [6, 6.07) is -0.940. The minimum Gasteiger partial charge on any atom is -0.394 e. The second kappa shape index (κ2) is 66.2. The average Bonchev–Trinajstić information content (AvgIpc) is 0.797. The van der Waals surface area contributed by atoms with Crippen molar-refractivity contribution in [3.63, 3.8) is 0 Å². The zero-order valence-electron chi connectivity index (χ0n) is 61.9. The quantitative estimate of drug-likeness (QED) is 0.0204. The van der Waals surface area contributed by atoms with Gasteiger partial charge in [-0.2, -0.15) is 0 Å². The predicted octanol–water partition coefficient (Wildman–Crippen LogP) is 18.6. The Bertz CT molecular complexity index is 1800. The summed E-state index contributed by atoms with van der Waals surface area (Å²) >= 11 is 0. The molecule has 0 aromatic rings. The summed E-state index contributed by atoms with van der Waals surface area (Å²) in [5, 5.41) is 87.7. The Morgan fingerprint density at radius 1 is 0.365 bits per heavy atom. The Balaban J connectivity index is 1.63. The number of allylic oxidation sites excluding steroid dienone is 7. The fraction of sp³-hybridized carbons (Fsp3) is 0.890. The van der Waals surface area contributed by atoms with Gasteiger partial charge in [-0.15, -0.1) is 0 Å². The van der Waals surface area contributed by atoms with Crippen molar-refractivity contribution in [3.05, 3.63) is 48.6 Å². The van der Waals surface area contributed by atoms with Crippen molar-refractivity contribution in [2.75, 3.05) is 19.8 Å². The van der Waals surface area contributed by atoms with Crippen LogP contribution in [0.5, 0.6) is 0 Å². The van der Waals surface area contributed by atoms with Gasteiger partial charge in [0.2, 0.25) is 5.91 Å². The first-order valence-electron chi connectivity index (χ1n) is 40.9. The molecule has 0 aromatic heterocycles. The molecule has 2 heterocycles. The van der Waals surface area contributed by atoms with Gasteiger partial charge in [0.15, 0.2) is 12.6 Å². The third kappa shape index (κ3) is 48.7. The van der Waals surface area contributed by atoms with Crippen LogP contribution >= 0.6 is 0 Å². The molecule has 0 radical (unpaired) electrons. The van der Waals surface area contributed by atoms with Gasteiger partial charge in [-0.25, -0.2) is 0 Å². The van der Waals surface area contributed by atoms with Gasteiger partial charge in [0.25, 0.3) is 0 Å². The number of ether oxygens (including phenoxy) is 4. The normalized spacial score (nSPS) is 22.4. The van der Waals surface area contributed by atoms with Gasteiger partial charge >= 0.3 is 0 Å². The lowest BCUT2D eigenvalue weighted by atomic mass is 9.97. The molecular formula is C82H153NO13. The second-order valence-corrected chi connectivity index (χ2v) is 28.9. The van der Waals surface area contributed by atoms with Gasteiger partial charge in [0, 0.05) is 6.42 Å². The van der Waals surface area contributed by atoms with E-state index in [9.17, 15) is 45.6 Å². The van der Waals surface area contributed by atoms with Crippen molar-refractivity contribution >= 4 is 5.91 Å². The number of hydrogen-bond acceptors (Lipinski definition) is 13. The Morgan fingerprint density at radius 3 is 1.02 bits per heavy atom. The summed E-state index contributed by atoms with van der Waals surface area (Å²) in [4.78, 5) is 13.4. The summed E-state index contributed by atoms with van der Waals surface area (Å²) in [5.74, 6) is -0.247. The summed E-state index contributed by atoms with van der Waals surface area (Å²) in [5.41, 5.74) is 0. The molecule has 9 N–H and O–H groups in total. The molecule has 2 saturated heterocycles. The third-order valence-electron chi connectivity index (χ3n) is 20.0. The Hall–Kier alpha value is -2.05. The fourth-order valence-electron chi connectivity index (χ4n) is 13.5. The van der Waals surface area contributed by atoms with E-state index in [1.165, 1.54) is 295 Å². The van der Waals surface area contributed by atoms with Crippen LogP contribution in [0.2, 0.25) is 0 Å². The lowest BCUT2D eigenvalue weighted by molar-refractivity contribution is -0.359. The van der Waals surface area contributed by atoms with Crippen LogP contribution in [0.25, 0.3) is 0 Å². The molecule has 0 saturated carbocycles. The van der Waals surface area contributed by atoms with Gasteiger partial charge in [0.1, 0.15) is 48.8 Å². The smallest absolute Gasteiger partial charge is 0.220 e. The molecule has 14 heteroatoms. The van der Waals surface area contributed by atoms with Crippen LogP contribution in [-0.4, -0.2) is 140 Å². The highest BCUT2D eigenvalue weighted by molar-refractivity contribution is 5.76. The molecule has 0 aromatic carbocycles. The van der Waals surface area contributed by atoms with Gasteiger partial charge in [-0.3, -0.25) is 4.79 Å². The van der Waals surface area contributed by atoms with Crippen molar-refractivity contribution in [2.24, 2.45) is 0 Å². The van der Waals surface area contributed by atoms with E-state index in [4.69, 9.17) is 18.9 Å². The van der Waals surface area contributed by atoms with Crippen LogP contribution in [0, 0.1) is 0 Å². The summed E-state index contributed by atoms with van der Waals surface area (Å²) in [6.07, 6.45) is 72.1. The SMILES string of the molecule is CCCCCCCCCC/C=C\CCCCCCCCCCCCCCCCCCCCCC(=O)NC(COC1OC(CO)C(OC2OC(CO)C(O)C(O)C2O)C(O)C1O)C(O)/C=C/CC/C=C/CC/C=C/CCCCCCCCCCCCCCCCCCCCCCC. The average molecular weight is 1360 g/mol. The van der Waals surface area contributed by atoms with Gasteiger partial charge < -0.3 is 65.1 Å². The maximum absolute atomic E-state index is 13.4. The van der Waals surface area contributed by atoms with Gasteiger partial charge in [-0.05, 0) is 70.6 Å². The van der Waals surface area contributed by atoms with Crippen LogP contribution in [0.1, 0.15) is 373 Å². The minimum absolute atomic E-state index is 0.247. The summed E-state index contributed by atoms with van der Waals surface area (Å²) in [7, 11) is 0. The molecule has 14 nitrogen and oxygen atoms in total. The first-order valence-corrected chi connectivity index (χ1v) is 40.9. The first-order chi connectivity index (χ1) is 47.1. The number of hydrogen-bond donors (Lipinski definition) is 9. The molecule has 12 unspecified atom stereocenters. The van der Waals surface area contributed by atoms with Crippen LogP contribution in [-0.2, 0) is 23.7 Å². The van der Waals surface area contributed by atoms with E-state index in [1.807, 2.05) is 6.08 Å². The largest absolute Gasteiger partial charge is 0.394 e. The summed E-state index contributed by atoms with van der Waals surface area (Å²) in [6.45, 7) is 2.84. The van der Waals surface area contributed by atoms with Gasteiger partial charge in [-0.1, -0.05) is 345 Å². The second-order valence-electron chi connectivity index (χ2n) is 28.9. The van der Waals surface area contributed by atoms with Crippen LogP contribution < -0.4 is 5.32 Å². The van der Waals surface area contributed by atoms with E-state index < -0.39 is 86.8 Å². The first kappa shape index (κ1) is 90.0. The van der Waals surface area contributed by atoms with Crippen LogP contribution in [0.4, 0.5) is 0 Å². The van der Waals surface area contributed by atoms with Crippen molar-refractivity contribution in [3.8, 4) is 0 Å². The zero-order chi connectivity index (χ0) is 69.4. The monoisotopic (exact) mass is 1360 g/mol. The van der Waals surface area contributed by atoms with E-state index in [2.05, 4.69) is 55.6 Å². The molecule has 2 aliphatic rings. The summed E-state index contributed by atoms with van der Waals surface area (Å²) < 4.78 is 22.9.